The van der Waals surface area contributed by atoms with E-state index < -0.39 is 6.10 Å². The maximum Gasteiger partial charge on any atom is 0.306 e. The predicted octanol–water partition coefficient (Wildman–Crippen LogP) is 19.9. The Balaban J connectivity index is 4.23. The highest BCUT2D eigenvalue weighted by Crippen LogP contribution is 2.19. The van der Waals surface area contributed by atoms with E-state index in [4.69, 9.17) is 14.2 Å². The van der Waals surface area contributed by atoms with E-state index in [-0.39, 0.29) is 31.1 Å². The highest BCUT2D eigenvalue weighted by Gasteiger charge is 2.19. The second-order valence-corrected chi connectivity index (χ2v) is 22.2. The maximum atomic E-state index is 12.9. The fraction of sp³-hybridized carbons (Fsp3) is 0.951. The summed E-state index contributed by atoms with van der Waals surface area (Å²) in [5.74, 6) is 1.70. The first kappa shape index (κ1) is 65.4. The Labute approximate surface area is 418 Å². The quantitative estimate of drug-likeness (QED) is 0.0343. The number of hydrogen-bond donors (Lipinski definition) is 0. The lowest BCUT2D eigenvalue weighted by molar-refractivity contribution is -0.167. The smallest absolute Gasteiger partial charge is 0.306 e. The first-order chi connectivity index (χ1) is 32.6. The molecule has 0 heterocycles. The Hall–Kier alpha value is -1.59. The van der Waals surface area contributed by atoms with Crippen LogP contribution >= 0.6 is 0 Å². The third-order valence-corrected chi connectivity index (χ3v) is 14.3. The molecule has 0 amide bonds. The lowest BCUT2D eigenvalue weighted by Crippen LogP contribution is -2.30. The number of hydrogen-bond acceptors (Lipinski definition) is 6. The molecule has 0 aliphatic carbocycles. The third kappa shape index (κ3) is 53.6. The van der Waals surface area contributed by atoms with Crippen LogP contribution in [0.2, 0.25) is 0 Å². The normalized spacial score (nSPS) is 12.5. The standard InChI is InChI=1S/C61H118O6/c1-7-57(6)49-43-37-31-24-20-16-12-10-8-9-11-13-17-22-26-34-40-46-52-61(64)67-58(54-66-60(63)51-45-39-33-28-27-30-36-42-48-56(4)5)53-65-59(62)50-44-38-32-25-21-18-14-15-19-23-29-35-41-47-55(2)3/h55-58H,7-54H2,1-6H3/t57?,58-/m1/s1. The molecule has 0 rings (SSSR count). The van der Waals surface area contributed by atoms with Crippen LogP contribution < -0.4 is 0 Å². The maximum absolute atomic E-state index is 12.9. The van der Waals surface area contributed by atoms with Crippen molar-refractivity contribution in [1.29, 1.82) is 0 Å². The van der Waals surface area contributed by atoms with Gasteiger partial charge in [-0.05, 0) is 37.0 Å². The van der Waals surface area contributed by atoms with Crippen LogP contribution in [0.5, 0.6) is 0 Å². The number of rotatable bonds is 54. The van der Waals surface area contributed by atoms with Gasteiger partial charge in [0, 0.05) is 19.3 Å². The first-order valence-corrected chi connectivity index (χ1v) is 30.1. The summed E-state index contributed by atoms with van der Waals surface area (Å²) in [6.07, 6.45) is 55.3. The minimum atomic E-state index is -0.764. The molecular formula is C61H118O6. The van der Waals surface area contributed by atoms with Crippen LogP contribution in [0.1, 0.15) is 337 Å². The van der Waals surface area contributed by atoms with E-state index in [2.05, 4.69) is 41.5 Å². The van der Waals surface area contributed by atoms with Crippen LogP contribution in [-0.2, 0) is 28.6 Å². The minimum Gasteiger partial charge on any atom is -0.462 e. The van der Waals surface area contributed by atoms with Crippen LogP contribution in [0, 0.1) is 17.8 Å². The van der Waals surface area contributed by atoms with Crippen molar-refractivity contribution >= 4 is 17.9 Å². The summed E-state index contributed by atoms with van der Waals surface area (Å²) < 4.78 is 16.9. The van der Waals surface area contributed by atoms with E-state index in [9.17, 15) is 14.4 Å². The van der Waals surface area contributed by atoms with E-state index in [1.165, 1.54) is 218 Å². The van der Waals surface area contributed by atoms with Gasteiger partial charge in [-0.25, -0.2) is 0 Å². The molecule has 0 N–H and O–H groups in total. The summed E-state index contributed by atoms with van der Waals surface area (Å²) in [5, 5.41) is 0. The lowest BCUT2D eigenvalue weighted by Gasteiger charge is -2.18. The highest BCUT2D eigenvalue weighted by atomic mass is 16.6. The molecule has 1 unspecified atom stereocenters. The Morgan fingerprint density at radius 3 is 0.776 bits per heavy atom. The molecule has 398 valence electrons. The van der Waals surface area contributed by atoms with Gasteiger partial charge in [-0.15, -0.1) is 0 Å². The van der Waals surface area contributed by atoms with Gasteiger partial charge >= 0.3 is 17.9 Å². The van der Waals surface area contributed by atoms with Crippen molar-refractivity contribution in [3.8, 4) is 0 Å². The molecule has 0 bridgehead atoms. The topological polar surface area (TPSA) is 78.9 Å². The second-order valence-electron chi connectivity index (χ2n) is 22.2. The van der Waals surface area contributed by atoms with Gasteiger partial charge < -0.3 is 14.2 Å². The summed E-state index contributed by atoms with van der Waals surface area (Å²) >= 11 is 0. The third-order valence-electron chi connectivity index (χ3n) is 14.3. The first-order valence-electron chi connectivity index (χ1n) is 30.1. The molecular weight excluding hydrogens is 829 g/mol. The Morgan fingerprint density at radius 1 is 0.299 bits per heavy atom. The summed E-state index contributed by atoms with van der Waals surface area (Å²) in [5.41, 5.74) is 0. The largest absolute Gasteiger partial charge is 0.462 e. The van der Waals surface area contributed by atoms with E-state index in [1.54, 1.807) is 0 Å². The summed E-state index contributed by atoms with van der Waals surface area (Å²) in [6, 6.07) is 0. The van der Waals surface area contributed by atoms with E-state index in [0.29, 0.717) is 19.3 Å². The molecule has 0 aliphatic rings. The van der Waals surface area contributed by atoms with Crippen molar-refractivity contribution in [1.82, 2.24) is 0 Å². The van der Waals surface area contributed by atoms with Gasteiger partial charge in [-0.2, -0.15) is 0 Å². The molecule has 0 radical (unpaired) electrons. The lowest BCUT2D eigenvalue weighted by atomic mass is 9.99. The van der Waals surface area contributed by atoms with E-state index in [1.807, 2.05) is 0 Å². The van der Waals surface area contributed by atoms with Crippen molar-refractivity contribution in [2.24, 2.45) is 17.8 Å². The van der Waals surface area contributed by atoms with Crippen LogP contribution in [0.4, 0.5) is 0 Å². The fourth-order valence-corrected chi connectivity index (χ4v) is 9.32. The molecule has 2 atom stereocenters. The molecule has 6 heteroatoms. The molecule has 0 saturated carbocycles. The Kier molecular flexibility index (Phi) is 51.0. The van der Waals surface area contributed by atoms with Gasteiger partial charge in [-0.3, -0.25) is 14.4 Å². The summed E-state index contributed by atoms with van der Waals surface area (Å²) in [7, 11) is 0. The molecule has 0 aromatic rings. The number of esters is 3. The summed E-state index contributed by atoms with van der Waals surface area (Å²) in [6.45, 7) is 13.8. The average Bonchev–Trinajstić information content (AvgIpc) is 3.30. The molecule has 0 spiro atoms. The van der Waals surface area contributed by atoms with E-state index >= 15 is 0 Å². The zero-order valence-corrected chi connectivity index (χ0v) is 46.2. The zero-order valence-electron chi connectivity index (χ0n) is 46.2. The van der Waals surface area contributed by atoms with Crippen molar-refractivity contribution in [2.75, 3.05) is 13.2 Å². The average molecular weight is 948 g/mol. The Bertz CT molecular complexity index is 1040. The molecule has 0 saturated heterocycles. The Morgan fingerprint density at radius 2 is 0.522 bits per heavy atom. The number of unbranched alkanes of at least 4 members (excludes halogenated alkanes) is 36. The van der Waals surface area contributed by atoms with Gasteiger partial charge in [0.1, 0.15) is 13.2 Å². The van der Waals surface area contributed by atoms with Gasteiger partial charge in [0.15, 0.2) is 6.10 Å². The SMILES string of the molecule is CCC(C)CCCCCCCCCCCCCCCCCCCCC(=O)O[C@H](COC(=O)CCCCCCCCCCCCCCCC(C)C)COC(=O)CCCCCCCCCCC(C)C. The van der Waals surface area contributed by atoms with Crippen LogP contribution in [0.15, 0.2) is 0 Å². The molecule has 0 aromatic carbocycles. The molecule has 0 aliphatic heterocycles. The van der Waals surface area contributed by atoms with Crippen LogP contribution in [0.3, 0.4) is 0 Å². The van der Waals surface area contributed by atoms with Gasteiger partial charge in [-0.1, -0.05) is 298 Å². The molecule has 0 fully saturated rings. The molecule has 6 nitrogen and oxygen atoms in total. The van der Waals surface area contributed by atoms with Crippen molar-refractivity contribution < 1.29 is 28.6 Å². The number of carbonyl (C=O) groups excluding carboxylic acids is 3. The van der Waals surface area contributed by atoms with E-state index in [0.717, 1.165) is 75.5 Å². The monoisotopic (exact) mass is 947 g/mol. The fourth-order valence-electron chi connectivity index (χ4n) is 9.32. The van der Waals surface area contributed by atoms with Gasteiger partial charge in [0.2, 0.25) is 0 Å². The van der Waals surface area contributed by atoms with Gasteiger partial charge in [0.05, 0.1) is 0 Å². The van der Waals surface area contributed by atoms with Crippen LogP contribution in [0.25, 0.3) is 0 Å². The minimum absolute atomic E-state index is 0.0637. The second kappa shape index (κ2) is 52.2. The van der Waals surface area contributed by atoms with Crippen LogP contribution in [-0.4, -0.2) is 37.2 Å². The number of ether oxygens (including phenoxy) is 3. The van der Waals surface area contributed by atoms with Crippen molar-refractivity contribution in [3.05, 3.63) is 0 Å². The highest BCUT2D eigenvalue weighted by molar-refractivity contribution is 5.71. The zero-order chi connectivity index (χ0) is 49.1. The van der Waals surface area contributed by atoms with Crippen molar-refractivity contribution in [2.45, 2.75) is 343 Å². The van der Waals surface area contributed by atoms with Gasteiger partial charge in [0.25, 0.3) is 0 Å². The predicted molar refractivity (Wildman–Crippen MR) is 289 cm³/mol. The summed E-state index contributed by atoms with van der Waals surface area (Å²) in [4.78, 5) is 38.1. The molecule has 67 heavy (non-hydrogen) atoms. The number of carbonyl (C=O) groups is 3. The van der Waals surface area contributed by atoms with Crippen molar-refractivity contribution in [3.63, 3.8) is 0 Å². The molecule has 0 aromatic heterocycles.